The smallest absolute Gasteiger partial charge is 0.149 e. The highest BCUT2D eigenvalue weighted by molar-refractivity contribution is 6.29. The minimum absolute atomic E-state index is 0.489. The van der Waals surface area contributed by atoms with Gasteiger partial charge in [-0.05, 0) is 31.1 Å². The van der Waals surface area contributed by atoms with Crippen LogP contribution in [-0.4, -0.2) is 23.1 Å². The highest BCUT2D eigenvalue weighted by atomic mass is 35.5. The van der Waals surface area contributed by atoms with Gasteiger partial charge in [-0.3, -0.25) is 4.98 Å². The zero-order chi connectivity index (χ0) is 10.3. The normalized spacial score (nSPS) is 23.1. The van der Waals surface area contributed by atoms with Gasteiger partial charge in [0.25, 0.3) is 0 Å². The molecule has 0 atom stereocenters. The van der Waals surface area contributed by atoms with Crippen LogP contribution < -0.4 is 4.90 Å². The third kappa shape index (κ3) is 1.81. The second kappa shape index (κ2) is 3.34. The fourth-order valence-electron chi connectivity index (χ4n) is 2.47. The van der Waals surface area contributed by atoms with E-state index in [9.17, 15) is 0 Å². The molecular formula is C11H14ClN3. The lowest BCUT2D eigenvalue weighted by Gasteiger charge is -2.33. The van der Waals surface area contributed by atoms with E-state index >= 15 is 0 Å². The van der Waals surface area contributed by atoms with Crippen molar-refractivity contribution in [2.45, 2.75) is 25.7 Å². The lowest BCUT2D eigenvalue weighted by Crippen LogP contribution is -2.37. The Hall–Kier alpha value is -0.830. The minimum Gasteiger partial charge on any atom is -0.355 e. The molecule has 2 heterocycles. The monoisotopic (exact) mass is 223 g/mol. The highest BCUT2D eigenvalue weighted by Gasteiger charge is 2.45. The van der Waals surface area contributed by atoms with Crippen LogP contribution in [0.4, 0.5) is 5.82 Å². The molecule has 1 aromatic heterocycles. The van der Waals surface area contributed by atoms with Gasteiger partial charge in [-0.25, -0.2) is 4.98 Å². The second-order valence-electron chi connectivity index (χ2n) is 4.73. The molecule has 2 aliphatic rings. The Morgan fingerprint density at radius 3 is 2.87 bits per heavy atom. The number of aromatic nitrogens is 2. The van der Waals surface area contributed by atoms with E-state index in [1.54, 1.807) is 6.20 Å². The zero-order valence-electron chi connectivity index (χ0n) is 8.62. The maximum Gasteiger partial charge on any atom is 0.149 e. The molecule has 1 saturated carbocycles. The Labute approximate surface area is 94.5 Å². The molecule has 1 saturated heterocycles. The summed E-state index contributed by atoms with van der Waals surface area (Å²) in [5, 5.41) is 0.489. The van der Waals surface area contributed by atoms with E-state index in [0.29, 0.717) is 10.6 Å². The molecule has 2 fully saturated rings. The van der Waals surface area contributed by atoms with Crippen LogP contribution >= 0.6 is 11.6 Å². The summed E-state index contributed by atoms with van der Waals surface area (Å²) < 4.78 is 0. The summed E-state index contributed by atoms with van der Waals surface area (Å²) >= 11 is 5.85. The van der Waals surface area contributed by atoms with Crippen LogP contribution in [0.5, 0.6) is 0 Å². The molecule has 1 aliphatic heterocycles. The predicted octanol–water partition coefficient (Wildman–Crippen LogP) is 2.51. The van der Waals surface area contributed by atoms with Crippen molar-refractivity contribution in [1.82, 2.24) is 9.97 Å². The van der Waals surface area contributed by atoms with Crippen molar-refractivity contribution in [3.05, 3.63) is 17.5 Å². The van der Waals surface area contributed by atoms with Gasteiger partial charge < -0.3 is 4.90 Å². The predicted molar refractivity (Wildman–Crippen MR) is 60.2 cm³/mol. The van der Waals surface area contributed by atoms with Crippen LogP contribution in [0.1, 0.15) is 25.7 Å². The van der Waals surface area contributed by atoms with Crippen molar-refractivity contribution in [1.29, 1.82) is 0 Å². The van der Waals surface area contributed by atoms with E-state index in [1.807, 2.05) is 6.20 Å². The average Bonchev–Trinajstić information content (AvgIpc) is 2.98. The number of nitrogens with zero attached hydrogens (tertiary/aromatic N) is 3. The molecular weight excluding hydrogens is 210 g/mol. The van der Waals surface area contributed by atoms with Gasteiger partial charge in [0.05, 0.1) is 12.4 Å². The van der Waals surface area contributed by atoms with Crippen LogP contribution in [0, 0.1) is 5.41 Å². The first-order valence-electron chi connectivity index (χ1n) is 5.50. The van der Waals surface area contributed by atoms with Crippen LogP contribution in [0.2, 0.25) is 5.15 Å². The number of halogens is 1. The number of rotatable bonds is 1. The maximum atomic E-state index is 5.85. The standard InChI is InChI=1S/C11H14ClN3/c12-9-6-13-7-10(14-9)15-5-1-2-11(8-15)3-4-11/h6-7H,1-5,8H2. The van der Waals surface area contributed by atoms with Crippen LogP contribution in [-0.2, 0) is 0 Å². The molecule has 1 spiro atoms. The van der Waals surface area contributed by atoms with Gasteiger partial charge in [0, 0.05) is 13.1 Å². The van der Waals surface area contributed by atoms with Crippen molar-refractivity contribution in [3.63, 3.8) is 0 Å². The fraction of sp³-hybridized carbons (Fsp3) is 0.636. The van der Waals surface area contributed by atoms with Crippen molar-refractivity contribution in [2.24, 2.45) is 5.41 Å². The van der Waals surface area contributed by atoms with E-state index in [-0.39, 0.29) is 0 Å². The molecule has 80 valence electrons. The Bertz CT molecular complexity index is 376. The fourth-order valence-corrected chi connectivity index (χ4v) is 2.62. The lowest BCUT2D eigenvalue weighted by atomic mass is 9.95. The molecule has 0 aromatic carbocycles. The summed E-state index contributed by atoms with van der Waals surface area (Å²) in [5.74, 6) is 0.938. The number of hydrogen-bond donors (Lipinski definition) is 0. The Balaban J connectivity index is 1.81. The summed E-state index contributed by atoms with van der Waals surface area (Å²) in [6, 6.07) is 0. The molecule has 4 heteroatoms. The highest BCUT2D eigenvalue weighted by Crippen LogP contribution is 2.52. The molecule has 0 amide bonds. The van der Waals surface area contributed by atoms with Crippen molar-refractivity contribution in [2.75, 3.05) is 18.0 Å². The first kappa shape index (κ1) is 9.40. The summed E-state index contributed by atoms with van der Waals surface area (Å²) in [4.78, 5) is 10.7. The molecule has 0 radical (unpaired) electrons. The summed E-state index contributed by atoms with van der Waals surface area (Å²) in [7, 11) is 0. The van der Waals surface area contributed by atoms with Crippen molar-refractivity contribution >= 4 is 17.4 Å². The molecule has 0 N–H and O–H groups in total. The van der Waals surface area contributed by atoms with Gasteiger partial charge in [0.2, 0.25) is 0 Å². The molecule has 1 aliphatic carbocycles. The summed E-state index contributed by atoms with van der Waals surface area (Å²) in [6.07, 6.45) is 8.83. The quantitative estimate of drug-likeness (QED) is 0.733. The van der Waals surface area contributed by atoms with Crippen molar-refractivity contribution < 1.29 is 0 Å². The van der Waals surface area contributed by atoms with Gasteiger partial charge >= 0.3 is 0 Å². The van der Waals surface area contributed by atoms with E-state index in [0.717, 1.165) is 18.9 Å². The first-order chi connectivity index (χ1) is 7.27. The topological polar surface area (TPSA) is 29.0 Å². The number of hydrogen-bond acceptors (Lipinski definition) is 3. The SMILES string of the molecule is Clc1cncc(N2CCCC3(CC3)C2)n1. The Morgan fingerprint density at radius 2 is 2.13 bits per heavy atom. The van der Waals surface area contributed by atoms with E-state index < -0.39 is 0 Å². The van der Waals surface area contributed by atoms with Gasteiger partial charge in [0.1, 0.15) is 11.0 Å². The van der Waals surface area contributed by atoms with Gasteiger partial charge in [-0.15, -0.1) is 0 Å². The molecule has 0 unspecified atom stereocenters. The largest absolute Gasteiger partial charge is 0.355 e. The van der Waals surface area contributed by atoms with Crippen LogP contribution in [0.25, 0.3) is 0 Å². The van der Waals surface area contributed by atoms with Gasteiger partial charge in [-0.2, -0.15) is 0 Å². The van der Waals surface area contributed by atoms with E-state index in [4.69, 9.17) is 11.6 Å². The third-order valence-electron chi connectivity index (χ3n) is 3.53. The Morgan fingerprint density at radius 1 is 1.27 bits per heavy atom. The average molecular weight is 224 g/mol. The number of anilines is 1. The van der Waals surface area contributed by atoms with Crippen LogP contribution in [0.15, 0.2) is 12.4 Å². The van der Waals surface area contributed by atoms with E-state index in [2.05, 4.69) is 14.9 Å². The molecule has 1 aromatic rings. The van der Waals surface area contributed by atoms with Gasteiger partial charge in [-0.1, -0.05) is 11.6 Å². The van der Waals surface area contributed by atoms with Gasteiger partial charge in [0.15, 0.2) is 0 Å². The molecule has 3 rings (SSSR count). The molecule has 3 nitrogen and oxygen atoms in total. The maximum absolute atomic E-state index is 5.85. The summed E-state index contributed by atoms with van der Waals surface area (Å²) in [5.41, 5.74) is 0.613. The second-order valence-corrected chi connectivity index (χ2v) is 5.11. The summed E-state index contributed by atoms with van der Waals surface area (Å²) in [6.45, 7) is 2.23. The molecule has 0 bridgehead atoms. The Kier molecular flexibility index (Phi) is 2.09. The molecule has 15 heavy (non-hydrogen) atoms. The van der Waals surface area contributed by atoms with Crippen molar-refractivity contribution in [3.8, 4) is 0 Å². The lowest BCUT2D eigenvalue weighted by molar-refractivity contribution is 0.393. The minimum atomic E-state index is 0.489. The first-order valence-corrected chi connectivity index (χ1v) is 5.88. The number of piperidine rings is 1. The third-order valence-corrected chi connectivity index (χ3v) is 3.72. The van der Waals surface area contributed by atoms with E-state index in [1.165, 1.54) is 25.7 Å². The van der Waals surface area contributed by atoms with Crippen LogP contribution in [0.3, 0.4) is 0 Å². The zero-order valence-corrected chi connectivity index (χ0v) is 9.37.